The van der Waals surface area contributed by atoms with Crippen molar-refractivity contribution in [1.82, 2.24) is 5.16 Å². The molecule has 5 heteroatoms. The van der Waals surface area contributed by atoms with Gasteiger partial charge in [0.05, 0.1) is 14.2 Å². The predicted molar refractivity (Wildman–Crippen MR) is 87.8 cm³/mol. The molecule has 1 aromatic heterocycles. The van der Waals surface area contributed by atoms with E-state index in [4.69, 9.17) is 14.0 Å². The second-order valence-corrected chi connectivity index (χ2v) is 5.33. The Balaban J connectivity index is 1.78. The first-order valence-corrected chi connectivity index (χ1v) is 7.35. The Hall–Kier alpha value is -2.95. The second kappa shape index (κ2) is 5.35. The number of methoxy groups -OCH3 is 2. The number of benzene rings is 2. The summed E-state index contributed by atoms with van der Waals surface area (Å²) in [7, 11) is 3.31. The number of hydrogen-bond acceptors (Lipinski definition) is 5. The Kier molecular flexibility index (Phi) is 3.19. The molecule has 0 atom stereocenters. The van der Waals surface area contributed by atoms with Crippen LogP contribution in [0.3, 0.4) is 0 Å². The molecule has 1 N–H and O–H groups in total. The molecule has 3 aromatic rings. The third kappa shape index (κ3) is 2.21. The van der Waals surface area contributed by atoms with E-state index in [1.807, 2.05) is 42.5 Å². The van der Waals surface area contributed by atoms with Crippen LogP contribution in [0.2, 0.25) is 0 Å². The number of rotatable bonds is 3. The van der Waals surface area contributed by atoms with Gasteiger partial charge in [0.2, 0.25) is 0 Å². The molecular weight excluding hydrogens is 292 g/mol. The maximum absolute atomic E-state index is 5.63. The lowest BCUT2D eigenvalue weighted by molar-refractivity contribution is 0.414. The molecule has 5 nitrogen and oxygen atoms in total. The highest BCUT2D eigenvalue weighted by Gasteiger charge is 2.25. The van der Waals surface area contributed by atoms with Gasteiger partial charge in [-0.15, -0.1) is 0 Å². The molecule has 0 bridgehead atoms. The van der Waals surface area contributed by atoms with Crippen LogP contribution in [0.25, 0.3) is 22.6 Å². The topological polar surface area (TPSA) is 56.5 Å². The molecule has 2 aromatic carbocycles. The van der Waals surface area contributed by atoms with E-state index < -0.39 is 0 Å². The number of anilines is 1. The molecule has 0 fully saturated rings. The van der Waals surface area contributed by atoms with E-state index in [1.54, 1.807) is 14.2 Å². The number of nitrogens with zero attached hydrogens (tertiary/aromatic N) is 1. The van der Waals surface area contributed by atoms with E-state index in [1.165, 1.54) is 0 Å². The Morgan fingerprint density at radius 2 is 1.74 bits per heavy atom. The van der Waals surface area contributed by atoms with Crippen LogP contribution in [0.5, 0.6) is 11.5 Å². The zero-order valence-electron chi connectivity index (χ0n) is 12.9. The summed E-state index contributed by atoms with van der Waals surface area (Å²) in [5.41, 5.74) is 4.96. The number of nitrogens with one attached hydrogen (secondary N) is 1. The molecular formula is C18H16N2O3. The highest BCUT2D eigenvalue weighted by Crippen LogP contribution is 2.41. The third-order valence-electron chi connectivity index (χ3n) is 4.08. The predicted octanol–water partition coefficient (Wildman–Crippen LogP) is 3.95. The lowest BCUT2D eigenvalue weighted by Gasteiger charge is -2.18. The van der Waals surface area contributed by atoms with Gasteiger partial charge in [-0.2, -0.15) is 0 Å². The lowest BCUT2D eigenvalue weighted by atomic mass is 9.97. The third-order valence-corrected chi connectivity index (χ3v) is 4.08. The monoisotopic (exact) mass is 308 g/mol. The SMILES string of the molecule is COc1ccc(-c2onc3c2CNc2cc(OC)ccc2-3)cc1. The Labute approximate surface area is 133 Å². The maximum atomic E-state index is 5.63. The van der Waals surface area contributed by atoms with Gasteiger partial charge >= 0.3 is 0 Å². The lowest BCUT2D eigenvalue weighted by Crippen LogP contribution is -2.08. The quantitative estimate of drug-likeness (QED) is 0.794. The first-order valence-electron chi connectivity index (χ1n) is 7.35. The molecule has 0 saturated carbocycles. The normalized spacial score (nSPS) is 12.1. The Morgan fingerprint density at radius 1 is 1.00 bits per heavy atom. The fraction of sp³-hybridized carbons (Fsp3) is 0.167. The second-order valence-electron chi connectivity index (χ2n) is 5.33. The number of aromatic nitrogens is 1. The molecule has 1 aliphatic rings. The van der Waals surface area contributed by atoms with Crippen molar-refractivity contribution in [1.29, 1.82) is 0 Å². The number of fused-ring (bicyclic) bond motifs is 3. The largest absolute Gasteiger partial charge is 0.497 e. The molecule has 4 rings (SSSR count). The first-order chi connectivity index (χ1) is 11.3. The highest BCUT2D eigenvalue weighted by atomic mass is 16.5. The average Bonchev–Trinajstić information content (AvgIpc) is 3.05. The summed E-state index contributed by atoms with van der Waals surface area (Å²) in [5.74, 6) is 2.42. The number of ether oxygens (including phenoxy) is 2. The zero-order valence-corrected chi connectivity index (χ0v) is 12.9. The molecule has 0 amide bonds. The fourth-order valence-corrected chi connectivity index (χ4v) is 2.84. The average molecular weight is 308 g/mol. The van der Waals surface area contributed by atoms with Crippen LogP contribution in [0, 0.1) is 0 Å². The first kappa shape index (κ1) is 13.7. The smallest absolute Gasteiger partial charge is 0.172 e. The van der Waals surface area contributed by atoms with E-state index in [2.05, 4.69) is 10.5 Å². The van der Waals surface area contributed by atoms with Crippen molar-refractivity contribution in [2.75, 3.05) is 19.5 Å². The summed E-state index contributed by atoms with van der Waals surface area (Å²) >= 11 is 0. The van der Waals surface area contributed by atoms with E-state index in [9.17, 15) is 0 Å². The molecule has 0 radical (unpaired) electrons. The van der Waals surface area contributed by atoms with Crippen LogP contribution in [0.15, 0.2) is 47.0 Å². The summed E-state index contributed by atoms with van der Waals surface area (Å²) in [4.78, 5) is 0. The summed E-state index contributed by atoms with van der Waals surface area (Å²) < 4.78 is 16.1. The van der Waals surface area contributed by atoms with Crippen molar-refractivity contribution in [2.45, 2.75) is 6.54 Å². The summed E-state index contributed by atoms with van der Waals surface area (Å²) in [6.07, 6.45) is 0. The van der Waals surface area contributed by atoms with Gasteiger partial charge in [-0.25, -0.2) is 0 Å². The fourth-order valence-electron chi connectivity index (χ4n) is 2.84. The minimum absolute atomic E-state index is 0.667. The molecule has 0 spiro atoms. The number of hydrogen-bond donors (Lipinski definition) is 1. The summed E-state index contributed by atoms with van der Waals surface area (Å²) in [6.45, 7) is 0.667. The summed E-state index contributed by atoms with van der Waals surface area (Å²) in [6, 6.07) is 13.7. The van der Waals surface area contributed by atoms with E-state index in [0.717, 1.165) is 45.3 Å². The highest BCUT2D eigenvalue weighted by molar-refractivity contribution is 5.84. The van der Waals surface area contributed by atoms with Gasteiger partial charge in [-0.05, 0) is 36.4 Å². The van der Waals surface area contributed by atoms with Crippen LogP contribution in [0.4, 0.5) is 5.69 Å². The van der Waals surface area contributed by atoms with Gasteiger partial charge < -0.3 is 19.3 Å². The van der Waals surface area contributed by atoms with E-state index in [-0.39, 0.29) is 0 Å². The van der Waals surface area contributed by atoms with Crippen LogP contribution >= 0.6 is 0 Å². The van der Waals surface area contributed by atoms with Crippen molar-refractivity contribution < 1.29 is 14.0 Å². The standard InChI is InChI=1S/C18H16N2O3/c1-21-12-5-3-11(4-6-12)18-15-10-19-16-9-13(22-2)7-8-14(16)17(15)20-23-18/h3-9,19H,10H2,1-2H3. The van der Waals surface area contributed by atoms with Crippen molar-refractivity contribution in [3.8, 4) is 34.1 Å². The van der Waals surface area contributed by atoms with Gasteiger partial charge in [0.15, 0.2) is 5.76 Å². The molecule has 2 heterocycles. The Bertz CT molecular complexity index is 840. The van der Waals surface area contributed by atoms with Crippen molar-refractivity contribution in [3.63, 3.8) is 0 Å². The van der Waals surface area contributed by atoms with Crippen LogP contribution in [-0.4, -0.2) is 19.4 Å². The summed E-state index contributed by atoms with van der Waals surface area (Å²) in [5, 5.41) is 7.69. The van der Waals surface area contributed by atoms with Gasteiger partial charge in [0.1, 0.15) is 17.2 Å². The van der Waals surface area contributed by atoms with Gasteiger partial charge in [0.25, 0.3) is 0 Å². The van der Waals surface area contributed by atoms with E-state index >= 15 is 0 Å². The molecule has 1 aliphatic heterocycles. The van der Waals surface area contributed by atoms with Crippen molar-refractivity contribution in [2.24, 2.45) is 0 Å². The molecule has 116 valence electrons. The van der Waals surface area contributed by atoms with E-state index in [0.29, 0.717) is 6.54 Å². The minimum Gasteiger partial charge on any atom is -0.497 e. The Morgan fingerprint density at radius 3 is 2.48 bits per heavy atom. The van der Waals surface area contributed by atoms with Gasteiger partial charge in [-0.3, -0.25) is 0 Å². The van der Waals surface area contributed by atoms with Crippen LogP contribution in [0.1, 0.15) is 5.56 Å². The molecule has 0 saturated heterocycles. The molecule has 0 aliphatic carbocycles. The molecule has 23 heavy (non-hydrogen) atoms. The van der Waals surface area contributed by atoms with Crippen molar-refractivity contribution >= 4 is 5.69 Å². The maximum Gasteiger partial charge on any atom is 0.172 e. The van der Waals surface area contributed by atoms with Gasteiger partial charge in [-0.1, -0.05) is 5.16 Å². The molecule has 0 unspecified atom stereocenters. The van der Waals surface area contributed by atoms with Crippen LogP contribution in [-0.2, 0) is 6.54 Å². The minimum atomic E-state index is 0.667. The van der Waals surface area contributed by atoms with Crippen molar-refractivity contribution in [3.05, 3.63) is 48.0 Å². The van der Waals surface area contributed by atoms with Gasteiger partial charge in [0, 0.05) is 35.0 Å². The zero-order chi connectivity index (χ0) is 15.8. The van der Waals surface area contributed by atoms with Crippen LogP contribution < -0.4 is 14.8 Å².